The zero-order valence-corrected chi connectivity index (χ0v) is 11.2. The first kappa shape index (κ1) is 14.5. The molecule has 1 fully saturated rings. The first-order chi connectivity index (χ1) is 7.84. The van der Waals surface area contributed by atoms with Crippen LogP contribution in [0.25, 0.3) is 0 Å². The normalized spacial score (nSPS) is 20.9. The summed E-state index contributed by atoms with van der Waals surface area (Å²) in [7, 11) is 0. The van der Waals surface area contributed by atoms with Gasteiger partial charge in [0, 0.05) is 19.2 Å². The van der Waals surface area contributed by atoms with Gasteiger partial charge in [-0.25, -0.2) is 0 Å². The Balaban J connectivity index is 0.00000144. The molecule has 2 nitrogen and oxygen atoms in total. The molecule has 2 atom stereocenters. The van der Waals surface area contributed by atoms with Crippen LogP contribution >= 0.6 is 12.4 Å². The quantitative estimate of drug-likeness (QED) is 0.874. The third-order valence-corrected chi connectivity index (χ3v) is 3.10. The van der Waals surface area contributed by atoms with E-state index in [9.17, 15) is 0 Å². The van der Waals surface area contributed by atoms with E-state index in [0.29, 0.717) is 12.1 Å². The van der Waals surface area contributed by atoms with Crippen LogP contribution in [0.4, 0.5) is 0 Å². The highest BCUT2D eigenvalue weighted by molar-refractivity contribution is 5.85. The molecule has 0 aromatic heterocycles. The Labute approximate surface area is 110 Å². The molecule has 1 N–H and O–H groups in total. The molecule has 0 bridgehead atoms. The van der Waals surface area contributed by atoms with Gasteiger partial charge in [-0.05, 0) is 31.7 Å². The van der Waals surface area contributed by atoms with Gasteiger partial charge in [-0.2, -0.15) is 0 Å². The largest absolute Gasteiger partial charge is 0.377 e. The molecule has 2 unspecified atom stereocenters. The maximum atomic E-state index is 5.59. The Kier molecular flexibility index (Phi) is 6.56. The van der Waals surface area contributed by atoms with Crippen LogP contribution in [-0.4, -0.2) is 25.3 Å². The smallest absolute Gasteiger partial charge is 0.0700 e. The number of halogens is 1. The molecule has 0 spiro atoms. The van der Waals surface area contributed by atoms with Gasteiger partial charge >= 0.3 is 0 Å². The predicted octanol–water partition coefficient (Wildman–Crippen LogP) is 2.81. The summed E-state index contributed by atoms with van der Waals surface area (Å²) in [6.45, 7) is 4.18. The third-order valence-electron chi connectivity index (χ3n) is 3.10. The van der Waals surface area contributed by atoms with Crippen LogP contribution < -0.4 is 5.32 Å². The highest BCUT2D eigenvalue weighted by Crippen LogP contribution is 2.11. The first-order valence-electron chi connectivity index (χ1n) is 6.23. The summed E-state index contributed by atoms with van der Waals surface area (Å²) in [4.78, 5) is 0. The van der Waals surface area contributed by atoms with Crippen LogP contribution in [0.15, 0.2) is 30.3 Å². The third kappa shape index (κ3) is 5.07. The summed E-state index contributed by atoms with van der Waals surface area (Å²) in [5, 5.41) is 3.55. The fourth-order valence-corrected chi connectivity index (χ4v) is 2.18. The van der Waals surface area contributed by atoms with Crippen molar-refractivity contribution < 1.29 is 4.74 Å². The van der Waals surface area contributed by atoms with Gasteiger partial charge in [0.15, 0.2) is 0 Å². The van der Waals surface area contributed by atoms with Gasteiger partial charge < -0.3 is 10.1 Å². The van der Waals surface area contributed by atoms with E-state index in [0.717, 1.165) is 19.6 Å². The minimum absolute atomic E-state index is 0. The van der Waals surface area contributed by atoms with Gasteiger partial charge in [-0.1, -0.05) is 30.3 Å². The van der Waals surface area contributed by atoms with Crippen molar-refractivity contribution >= 4 is 12.4 Å². The van der Waals surface area contributed by atoms with Crippen molar-refractivity contribution in [2.75, 3.05) is 13.2 Å². The predicted molar refractivity (Wildman–Crippen MR) is 73.8 cm³/mol. The van der Waals surface area contributed by atoms with Crippen molar-refractivity contribution in [1.82, 2.24) is 5.32 Å². The molecular weight excluding hydrogens is 234 g/mol. The monoisotopic (exact) mass is 255 g/mol. The molecule has 0 amide bonds. The molecule has 0 saturated carbocycles. The van der Waals surface area contributed by atoms with Gasteiger partial charge in [0.05, 0.1) is 6.10 Å². The Morgan fingerprint density at radius 2 is 2.12 bits per heavy atom. The lowest BCUT2D eigenvalue weighted by atomic mass is 10.1. The second kappa shape index (κ2) is 7.70. The molecule has 1 aromatic carbocycles. The van der Waals surface area contributed by atoms with E-state index in [1.165, 1.54) is 18.4 Å². The summed E-state index contributed by atoms with van der Waals surface area (Å²) in [5.41, 5.74) is 1.40. The molecule has 2 rings (SSSR count). The molecule has 1 heterocycles. The van der Waals surface area contributed by atoms with Crippen LogP contribution in [0.2, 0.25) is 0 Å². The molecule has 1 aromatic rings. The van der Waals surface area contributed by atoms with E-state index in [2.05, 4.69) is 42.6 Å². The SMILES string of the molecule is CC(Cc1ccccc1)NCC1CCCO1.Cl. The molecule has 0 radical (unpaired) electrons. The lowest BCUT2D eigenvalue weighted by Gasteiger charge is -2.16. The minimum Gasteiger partial charge on any atom is -0.377 e. The van der Waals surface area contributed by atoms with Crippen molar-refractivity contribution in [1.29, 1.82) is 0 Å². The van der Waals surface area contributed by atoms with Crippen molar-refractivity contribution in [2.45, 2.75) is 38.3 Å². The zero-order valence-electron chi connectivity index (χ0n) is 10.4. The van der Waals surface area contributed by atoms with Crippen LogP contribution in [-0.2, 0) is 11.2 Å². The molecular formula is C14H22ClNO. The maximum Gasteiger partial charge on any atom is 0.0700 e. The summed E-state index contributed by atoms with van der Waals surface area (Å²) in [5.74, 6) is 0. The van der Waals surface area contributed by atoms with Crippen LogP contribution in [0.5, 0.6) is 0 Å². The second-order valence-corrected chi connectivity index (χ2v) is 4.63. The van der Waals surface area contributed by atoms with Crippen LogP contribution in [0.3, 0.4) is 0 Å². The number of rotatable bonds is 5. The van der Waals surface area contributed by atoms with Crippen LogP contribution in [0.1, 0.15) is 25.3 Å². The van der Waals surface area contributed by atoms with Crippen molar-refractivity contribution in [3.63, 3.8) is 0 Å². The fourth-order valence-electron chi connectivity index (χ4n) is 2.18. The highest BCUT2D eigenvalue weighted by atomic mass is 35.5. The Hall–Kier alpha value is -0.570. The zero-order chi connectivity index (χ0) is 11.2. The van der Waals surface area contributed by atoms with Gasteiger partial charge in [-0.15, -0.1) is 12.4 Å². The van der Waals surface area contributed by atoms with E-state index < -0.39 is 0 Å². The number of hydrogen-bond donors (Lipinski definition) is 1. The Morgan fingerprint density at radius 1 is 1.35 bits per heavy atom. The Morgan fingerprint density at radius 3 is 2.76 bits per heavy atom. The van der Waals surface area contributed by atoms with E-state index in [1.807, 2.05) is 0 Å². The number of ether oxygens (including phenoxy) is 1. The molecule has 0 aliphatic carbocycles. The van der Waals surface area contributed by atoms with Crippen molar-refractivity contribution in [3.05, 3.63) is 35.9 Å². The fraction of sp³-hybridized carbons (Fsp3) is 0.571. The summed E-state index contributed by atoms with van der Waals surface area (Å²) in [6.07, 6.45) is 3.97. The molecule has 1 saturated heterocycles. The van der Waals surface area contributed by atoms with Gasteiger partial charge in [0.2, 0.25) is 0 Å². The standard InChI is InChI=1S/C14H21NO.ClH/c1-12(10-13-6-3-2-4-7-13)15-11-14-8-5-9-16-14;/h2-4,6-7,12,14-15H,5,8-11H2,1H3;1H. The van der Waals surface area contributed by atoms with E-state index >= 15 is 0 Å². The highest BCUT2D eigenvalue weighted by Gasteiger charge is 2.15. The summed E-state index contributed by atoms with van der Waals surface area (Å²) >= 11 is 0. The summed E-state index contributed by atoms with van der Waals surface area (Å²) in [6, 6.07) is 11.2. The summed E-state index contributed by atoms with van der Waals surface area (Å²) < 4.78 is 5.59. The second-order valence-electron chi connectivity index (χ2n) is 4.63. The number of nitrogens with one attached hydrogen (secondary N) is 1. The van der Waals surface area contributed by atoms with Crippen molar-refractivity contribution in [2.24, 2.45) is 0 Å². The average molecular weight is 256 g/mol. The number of benzene rings is 1. The first-order valence-corrected chi connectivity index (χ1v) is 6.23. The van der Waals surface area contributed by atoms with Gasteiger partial charge in [0.25, 0.3) is 0 Å². The van der Waals surface area contributed by atoms with Crippen LogP contribution in [0, 0.1) is 0 Å². The van der Waals surface area contributed by atoms with E-state index in [-0.39, 0.29) is 12.4 Å². The van der Waals surface area contributed by atoms with Gasteiger partial charge in [-0.3, -0.25) is 0 Å². The molecule has 17 heavy (non-hydrogen) atoms. The van der Waals surface area contributed by atoms with Crippen molar-refractivity contribution in [3.8, 4) is 0 Å². The van der Waals surface area contributed by atoms with E-state index in [1.54, 1.807) is 0 Å². The lowest BCUT2D eigenvalue weighted by molar-refractivity contribution is 0.108. The Bertz CT molecular complexity index is 298. The molecule has 96 valence electrons. The minimum atomic E-state index is 0. The molecule has 3 heteroatoms. The number of hydrogen-bond acceptors (Lipinski definition) is 2. The topological polar surface area (TPSA) is 21.3 Å². The molecule has 1 aliphatic heterocycles. The maximum absolute atomic E-state index is 5.59. The average Bonchev–Trinajstić information content (AvgIpc) is 2.81. The van der Waals surface area contributed by atoms with Gasteiger partial charge in [0.1, 0.15) is 0 Å². The van der Waals surface area contributed by atoms with E-state index in [4.69, 9.17) is 4.74 Å². The lowest BCUT2D eigenvalue weighted by Crippen LogP contribution is -2.34. The molecule has 1 aliphatic rings.